The highest BCUT2D eigenvalue weighted by Crippen LogP contribution is 2.36. The monoisotopic (exact) mass is 419 g/mol. The molecule has 29 heavy (non-hydrogen) atoms. The van der Waals surface area contributed by atoms with Gasteiger partial charge in [0, 0.05) is 31.6 Å². The van der Waals surface area contributed by atoms with E-state index in [1.165, 1.54) is 35.4 Å². The van der Waals surface area contributed by atoms with E-state index in [2.05, 4.69) is 0 Å². The van der Waals surface area contributed by atoms with Crippen molar-refractivity contribution in [2.45, 2.75) is 24.9 Å². The summed E-state index contributed by atoms with van der Waals surface area (Å²) in [6.45, 7) is 3.23. The number of aryl methyl sites for hydroxylation is 1. The molecule has 1 fully saturated rings. The van der Waals surface area contributed by atoms with Gasteiger partial charge in [-0.3, -0.25) is 14.9 Å². The normalized spacial score (nSPS) is 17.3. The highest BCUT2D eigenvalue weighted by molar-refractivity contribution is 7.89. The first kappa shape index (κ1) is 20.7. The predicted molar refractivity (Wildman–Crippen MR) is 105 cm³/mol. The number of ether oxygens (including phenoxy) is 1. The van der Waals surface area contributed by atoms with Gasteiger partial charge in [-0.15, -0.1) is 0 Å². The van der Waals surface area contributed by atoms with Crippen LogP contribution in [0, 0.1) is 17.0 Å². The van der Waals surface area contributed by atoms with Gasteiger partial charge in [-0.05, 0) is 30.7 Å². The minimum absolute atomic E-state index is 0.0836. The van der Waals surface area contributed by atoms with Crippen LogP contribution in [0.2, 0.25) is 0 Å². The van der Waals surface area contributed by atoms with Crippen molar-refractivity contribution in [2.75, 3.05) is 20.2 Å². The van der Waals surface area contributed by atoms with E-state index in [9.17, 15) is 23.3 Å². The summed E-state index contributed by atoms with van der Waals surface area (Å²) in [6.07, 6.45) is -0.844. The van der Waals surface area contributed by atoms with E-state index in [0.29, 0.717) is 16.9 Å². The Morgan fingerprint density at radius 1 is 1.17 bits per heavy atom. The van der Waals surface area contributed by atoms with Crippen molar-refractivity contribution < 1.29 is 22.9 Å². The molecule has 3 rings (SSSR count). The second-order valence-electron chi connectivity index (χ2n) is 6.68. The quantitative estimate of drug-likeness (QED) is 0.544. The van der Waals surface area contributed by atoms with E-state index in [1.54, 1.807) is 31.2 Å². The van der Waals surface area contributed by atoms with Crippen LogP contribution in [-0.2, 0) is 14.8 Å². The van der Waals surface area contributed by atoms with E-state index in [-0.39, 0.29) is 29.6 Å². The van der Waals surface area contributed by atoms with E-state index in [1.807, 2.05) is 0 Å². The summed E-state index contributed by atoms with van der Waals surface area (Å²) in [5, 5.41) is 11.2. The minimum Gasteiger partial charge on any atom is -0.497 e. The van der Waals surface area contributed by atoms with E-state index in [0.717, 1.165) is 6.07 Å². The first-order valence-corrected chi connectivity index (χ1v) is 10.3. The molecule has 1 saturated heterocycles. The van der Waals surface area contributed by atoms with Gasteiger partial charge >= 0.3 is 0 Å². The van der Waals surface area contributed by atoms with Gasteiger partial charge in [0.25, 0.3) is 5.69 Å². The van der Waals surface area contributed by atoms with Crippen molar-refractivity contribution in [1.29, 1.82) is 0 Å². The zero-order valence-corrected chi connectivity index (χ0v) is 17.0. The topological polar surface area (TPSA) is 110 Å². The number of benzene rings is 2. The zero-order chi connectivity index (χ0) is 21.3. The predicted octanol–water partition coefficient (Wildman–Crippen LogP) is 2.46. The maximum atomic E-state index is 13.3. The number of sulfonamides is 1. The molecule has 1 unspecified atom stereocenters. The highest BCUT2D eigenvalue weighted by Gasteiger charge is 2.42. The lowest BCUT2D eigenvalue weighted by Crippen LogP contribution is -2.37. The maximum Gasteiger partial charge on any atom is 0.273 e. The second kappa shape index (κ2) is 7.80. The minimum atomic E-state index is -4.09. The molecule has 0 aromatic heterocycles. The maximum absolute atomic E-state index is 13.3. The third-order valence-electron chi connectivity index (χ3n) is 4.93. The molecular formula is C19H21N3O6S. The van der Waals surface area contributed by atoms with Crippen LogP contribution in [0.5, 0.6) is 5.75 Å². The third kappa shape index (κ3) is 3.81. The molecule has 0 saturated carbocycles. The molecule has 0 bridgehead atoms. The number of amides is 1. The van der Waals surface area contributed by atoms with Gasteiger partial charge in [0.2, 0.25) is 15.9 Å². The lowest BCUT2D eigenvalue weighted by Gasteiger charge is -2.29. The molecular weight excluding hydrogens is 398 g/mol. The lowest BCUT2D eigenvalue weighted by molar-refractivity contribution is -0.385. The van der Waals surface area contributed by atoms with Gasteiger partial charge in [-0.2, -0.15) is 4.31 Å². The van der Waals surface area contributed by atoms with Gasteiger partial charge in [0.05, 0.1) is 16.9 Å². The third-order valence-corrected chi connectivity index (χ3v) is 6.78. The van der Waals surface area contributed by atoms with Crippen LogP contribution < -0.4 is 4.74 Å². The number of hydrogen-bond donors (Lipinski definition) is 0. The van der Waals surface area contributed by atoms with Gasteiger partial charge in [-0.1, -0.05) is 18.2 Å². The summed E-state index contributed by atoms with van der Waals surface area (Å²) < 4.78 is 33.0. The van der Waals surface area contributed by atoms with Crippen LogP contribution in [0.3, 0.4) is 0 Å². The standard InChI is InChI=1S/C19H21N3O6S/c1-13-4-9-17(12-18(13)22(24)25)29(26,27)21-11-10-20(14(2)23)19(21)15-5-7-16(28-3)8-6-15/h4-9,12,19H,10-11H2,1-3H3. The van der Waals surface area contributed by atoms with E-state index >= 15 is 0 Å². The lowest BCUT2D eigenvalue weighted by atomic mass is 10.1. The summed E-state index contributed by atoms with van der Waals surface area (Å²) in [4.78, 5) is 24.1. The van der Waals surface area contributed by atoms with E-state index in [4.69, 9.17) is 4.74 Å². The van der Waals surface area contributed by atoms with Crippen LogP contribution in [0.4, 0.5) is 5.69 Å². The number of nitro groups is 1. The van der Waals surface area contributed by atoms with Gasteiger partial charge in [0.15, 0.2) is 0 Å². The molecule has 1 atom stereocenters. The Morgan fingerprint density at radius 2 is 1.83 bits per heavy atom. The SMILES string of the molecule is COc1ccc(C2N(C(C)=O)CCN2S(=O)(=O)c2ccc(C)c([N+](=O)[O-])c2)cc1. The second-order valence-corrected chi connectivity index (χ2v) is 8.57. The Balaban J connectivity index is 2.07. The molecule has 2 aromatic rings. The van der Waals surface area contributed by atoms with Crippen LogP contribution in [0.1, 0.15) is 24.2 Å². The molecule has 0 radical (unpaired) electrons. The molecule has 0 N–H and O–H groups in total. The summed E-state index contributed by atoms with van der Waals surface area (Å²) in [5.41, 5.74) is 0.700. The van der Waals surface area contributed by atoms with Crippen molar-refractivity contribution in [3.05, 3.63) is 63.7 Å². The van der Waals surface area contributed by atoms with Crippen molar-refractivity contribution >= 4 is 21.6 Å². The Labute approximate surface area is 168 Å². The van der Waals surface area contributed by atoms with Crippen LogP contribution >= 0.6 is 0 Å². The highest BCUT2D eigenvalue weighted by atomic mass is 32.2. The van der Waals surface area contributed by atoms with Crippen LogP contribution in [-0.4, -0.2) is 48.7 Å². The van der Waals surface area contributed by atoms with E-state index < -0.39 is 21.1 Å². The van der Waals surface area contributed by atoms with Crippen molar-refractivity contribution in [1.82, 2.24) is 9.21 Å². The molecule has 1 aliphatic heterocycles. The summed E-state index contributed by atoms with van der Waals surface area (Å²) in [7, 11) is -2.57. The summed E-state index contributed by atoms with van der Waals surface area (Å²) >= 11 is 0. The molecule has 10 heteroatoms. The largest absolute Gasteiger partial charge is 0.497 e. The van der Waals surface area contributed by atoms with Crippen LogP contribution in [0.15, 0.2) is 47.4 Å². The van der Waals surface area contributed by atoms with Gasteiger partial charge < -0.3 is 9.64 Å². The molecule has 0 aliphatic carbocycles. The number of carbonyl (C=O) groups excluding carboxylic acids is 1. The van der Waals surface area contributed by atoms with Gasteiger partial charge in [0.1, 0.15) is 11.9 Å². The molecule has 9 nitrogen and oxygen atoms in total. The van der Waals surface area contributed by atoms with Crippen molar-refractivity contribution in [3.63, 3.8) is 0 Å². The molecule has 1 aliphatic rings. The summed E-state index contributed by atoms with van der Waals surface area (Å²) in [5.74, 6) is 0.336. The molecule has 154 valence electrons. The van der Waals surface area contributed by atoms with Crippen molar-refractivity contribution in [3.8, 4) is 5.75 Å². The molecule has 0 spiro atoms. The van der Waals surface area contributed by atoms with Gasteiger partial charge in [-0.25, -0.2) is 8.42 Å². The Hall–Kier alpha value is -2.98. The number of nitrogens with zero attached hydrogens (tertiary/aromatic N) is 3. The average molecular weight is 419 g/mol. The number of rotatable bonds is 5. The Bertz CT molecular complexity index is 1050. The first-order valence-electron chi connectivity index (χ1n) is 8.85. The zero-order valence-electron chi connectivity index (χ0n) is 16.2. The number of carbonyl (C=O) groups is 1. The number of methoxy groups -OCH3 is 1. The number of hydrogen-bond acceptors (Lipinski definition) is 6. The summed E-state index contributed by atoms with van der Waals surface area (Å²) in [6, 6.07) is 10.6. The number of nitro benzene ring substituents is 1. The smallest absolute Gasteiger partial charge is 0.273 e. The Kier molecular flexibility index (Phi) is 5.58. The molecule has 1 amide bonds. The fourth-order valence-electron chi connectivity index (χ4n) is 3.39. The Morgan fingerprint density at radius 3 is 2.38 bits per heavy atom. The molecule has 1 heterocycles. The first-order chi connectivity index (χ1) is 13.7. The fraction of sp³-hybridized carbons (Fsp3) is 0.316. The van der Waals surface area contributed by atoms with Crippen molar-refractivity contribution in [2.24, 2.45) is 0 Å². The average Bonchev–Trinajstić information content (AvgIpc) is 3.14. The van der Waals surface area contributed by atoms with Crippen LogP contribution in [0.25, 0.3) is 0 Å². The molecule has 2 aromatic carbocycles. The fourth-order valence-corrected chi connectivity index (χ4v) is 4.98.